The summed E-state index contributed by atoms with van der Waals surface area (Å²) in [4.78, 5) is 5.56. The summed E-state index contributed by atoms with van der Waals surface area (Å²) in [5, 5.41) is 13.5. The van der Waals surface area contributed by atoms with Gasteiger partial charge in [-0.3, -0.25) is 9.11 Å². The minimum absolute atomic E-state index is 0.628. The topological polar surface area (TPSA) is 133 Å². The lowest BCUT2D eigenvalue weighted by Crippen LogP contribution is -2.02. The van der Waals surface area contributed by atoms with Crippen LogP contribution in [0.25, 0.3) is 10.1 Å². The van der Waals surface area contributed by atoms with Crippen LogP contribution in [0.3, 0.4) is 0 Å². The van der Waals surface area contributed by atoms with Gasteiger partial charge < -0.3 is 10.1 Å². The molecule has 8 nitrogen and oxygen atoms in total. The number of ether oxygens (including phenoxy) is 1. The molecule has 3 aromatic rings. The molecule has 0 spiro atoms. The average molecular weight is 407 g/mol. The Morgan fingerprint density at radius 2 is 1.93 bits per heavy atom. The lowest BCUT2D eigenvalue weighted by molar-refractivity contribution is 0.381. The number of fused-ring (bicyclic) bond motifs is 1. The Kier molecular flexibility index (Phi) is 6.70. The minimum atomic E-state index is -4.67. The van der Waals surface area contributed by atoms with E-state index in [0.29, 0.717) is 12.1 Å². The predicted octanol–water partition coefficient (Wildman–Crippen LogP) is 3.44. The predicted molar refractivity (Wildman–Crippen MR) is 104 cm³/mol. The molecule has 0 unspecified atom stereocenters. The van der Waals surface area contributed by atoms with Crippen LogP contribution in [0.1, 0.15) is 16.0 Å². The number of nitrogens with zero attached hydrogens (tertiary/aromatic N) is 2. The van der Waals surface area contributed by atoms with Crippen molar-refractivity contribution < 1.29 is 22.3 Å². The van der Waals surface area contributed by atoms with E-state index in [1.165, 1.54) is 4.88 Å². The molecular formula is C17H17N3O5S2. The number of nitrogens with one attached hydrogen (secondary N) is 1. The normalized spacial score (nSPS) is 10.6. The van der Waals surface area contributed by atoms with Gasteiger partial charge >= 0.3 is 10.4 Å². The average Bonchev–Trinajstić information content (AvgIpc) is 3.00. The summed E-state index contributed by atoms with van der Waals surface area (Å²) in [5.41, 5.74) is 1.77. The van der Waals surface area contributed by atoms with E-state index in [2.05, 4.69) is 22.4 Å². The van der Waals surface area contributed by atoms with Crippen molar-refractivity contribution >= 4 is 37.6 Å². The number of hydrogen-bond acceptors (Lipinski definition) is 7. The highest BCUT2D eigenvalue weighted by Crippen LogP contribution is 2.32. The first kappa shape index (κ1) is 20.6. The molecule has 0 radical (unpaired) electrons. The molecule has 0 fully saturated rings. The summed E-state index contributed by atoms with van der Waals surface area (Å²) in [5.74, 6) is 1.66. The second-order valence-electron chi connectivity index (χ2n) is 5.38. The van der Waals surface area contributed by atoms with E-state index in [1.54, 1.807) is 24.6 Å². The van der Waals surface area contributed by atoms with Gasteiger partial charge in [0.25, 0.3) is 0 Å². The molecule has 0 aliphatic carbocycles. The van der Waals surface area contributed by atoms with E-state index in [4.69, 9.17) is 22.3 Å². The third kappa shape index (κ3) is 6.19. The molecule has 10 heteroatoms. The van der Waals surface area contributed by atoms with Gasteiger partial charge in [-0.2, -0.15) is 13.7 Å². The van der Waals surface area contributed by atoms with E-state index in [0.717, 1.165) is 27.2 Å². The van der Waals surface area contributed by atoms with Crippen molar-refractivity contribution in [1.29, 1.82) is 5.26 Å². The van der Waals surface area contributed by atoms with Crippen LogP contribution in [0.2, 0.25) is 0 Å². The van der Waals surface area contributed by atoms with Gasteiger partial charge in [-0.15, -0.1) is 11.3 Å². The summed E-state index contributed by atoms with van der Waals surface area (Å²) in [6.07, 6.45) is 1.63. The molecule has 2 aromatic heterocycles. The standard InChI is InChI=1S/C17H15N3OS.H2O4S/c1-11-7-15-16(22-11)13(8-18)10-20-17(15)19-9-12-3-5-14(21-2)6-4-12;1-5(2,3)4/h3-7,10H,9H2,1-2H3,(H,19,20);(H2,1,2,3,4). The van der Waals surface area contributed by atoms with Gasteiger partial charge in [0.1, 0.15) is 17.6 Å². The SMILES string of the molecule is COc1ccc(CNc2ncc(C#N)c3sc(C)cc23)cc1.O=S(=O)(O)O. The number of aryl methyl sites for hydroxylation is 1. The molecule has 27 heavy (non-hydrogen) atoms. The maximum Gasteiger partial charge on any atom is 0.394 e. The summed E-state index contributed by atoms with van der Waals surface area (Å²) < 4.78 is 37.7. The lowest BCUT2D eigenvalue weighted by Gasteiger charge is -2.08. The van der Waals surface area contributed by atoms with Crippen LogP contribution < -0.4 is 10.1 Å². The number of benzene rings is 1. The summed E-state index contributed by atoms with van der Waals surface area (Å²) in [6, 6.07) is 12.2. The minimum Gasteiger partial charge on any atom is -0.497 e. The molecule has 0 saturated carbocycles. The van der Waals surface area contributed by atoms with Crippen molar-refractivity contribution in [3.8, 4) is 11.8 Å². The van der Waals surface area contributed by atoms with Crippen LogP contribution in [0.5, 0.6) is 5.75 Å². The van der Waals surface area contributed by atoms with Gasteiger partial charge in [-0.1, -0.05) is 12.1 Å². The number of thiophene rings is 1. The van der Waals surface area contributed by atoms with Crippen molar-refractivity contribution in [1.82, 2.24) is 4.98 Å². The largest absolute Gasteiger partial charge is 0.497 e. The number of methoxy groups -OCH3 is 1. The highest BCUT2D eigenvalue weighted by Gasteiger charge is 2.10. The Hall–Kier alpha value is -2.71. The first-order valence-corrected chi connectivity index (χ1v) is 9.78. The number of aromatic nitrogens is 1. The second-order valence-corrected chi connectivity index (χ2v) is 7.53. The zero-order valence-corrected chi connectivity index (χ0v) is 16.1. The van der Waals surface area contributed by atoms with E-state index < -0.39 is 10.4 Å². The Balaban J connectivity index is 0.000000465. The molecular weight excluding hydrogens is 390 g/mol. The number of rotatable bonds is 4. The molecule has 0 saturated heterocycles. The van der Waals surface area contributed by atoms with Gasteiger partial charge in [0.15, 0.2) is 0 Å². The highest BCUT2D eigenvalue weighted by molar-refractivity contribution is 7.79. The van der Waals surface area contributed by atoms with E-state index in [-0.39, 0.29) is 0 Å². The summed E-state index contributed by atoms with van der Waals surface area (Å²) in [7, 11) is -3.01. The van der Waals surface area contributed by atoms with Gasteiger partial charge in [-0.05, 0) is 30.7 Å². The first-order chi connectivity index (χ1) is 12.7. The van der Waals surface area contributed by atoms with Crippen molar-refractivity contribution in [2.45, 2.75) is 13.5 Å². The van der Waals surface area contributed by atoms with Crippen LogP contribution in [-0.4, -0.2) is 29.6 Å². The summed E-state index contributed by atoms with van der Waals surface area (Å²) >= 11 is 1.63. The van der Waals surface area contributed by atoms with Crippen molar-refractivity contribution in [3.05, 3.63) is 52.5 Å². The van der Waals surface area contributed by atoms with Crippen molar-refractivity contribution in [2.24, 2.45) is 0 Å². The maximum absolute atomic E-state index is 9.18. The van der Waals surface area contributed by atoms with Gasteiger partial charge in [0.05, 0.1) is 17.4 Å². The fourth-order valence-electron chi connectivity index (χ4n) is 2.30. The van der Waals surface area contributed by atoms with Crippen molar-refractivity contribution in [2.75, 3.05) is 12.4 Å². The number of hydrogen-bond donors (Lipinski definition) is 3. The Bertz CT molecular complexity index is 1060. The van der Waals surface area contributed by atoms with E-state index in [9.17, 15) is 5.26 Å². The molecule has 3 N–H and O–H groups in total. The Morgan fingerprint density at radius 1 is 1.30 bits per heavy atom. The monoisotopic (exact) mass is 407 g/mol. The maximum atomic E-state index is 9.18. The smallest absolute Gasteiger partial charge is 0.394 e. The van der Waals surface area contributed by atoms with Crippen LogP contribution in [-0.2, 0) is 16.9 Å². The highest BCUT2D eigenvalue weighted by atomic mass is 32.3. The molecule has 2 heterocycles. The molecule has 0 aliphatic rings. The number of pyridine rings is 1. The quantitative estimate of drug-likeness (QED) is 0.560. The Morgan fingerprint density at radius 3 is 2.48 bits per heavy atom. The van der Waals surface area contributed by atoms with Crippen LogP contribution in [0.4, 0.5) is 5.82 Å². The molecule has 0 aliphatic heterocycles. The molecule has 0 bridgehead atoms. The second kappa shape index (κ2) is 8.79. The third-order valence-corrected chi connectivity index (χ3v) is 4.50. The number of nitriles is 1. The van der Waals surface area contributed by atoms with Crippen LogP contribution >= 0.6 is 11.3 Å². The third-order valence-electron chi connectivity index (χ3n) is 3.42. The molecule has 0 atom stereocenters. The lowest BCUT2D eigenvalue weighted by atomic mass is 10.2. The molecule has 142 valence electrons. The fourth-order valence-corrected chi connectivity index (χ4v) is 3.27. The van der Waals surface area contributed by atoms with Crippen molar-refractivity contribution in [3.63, 3.8) is 0 Å². The Labute approximate surface area is 160 Å². The van der Waals surface area contributed by atoms with Gasteiger partial charge in [0, 0.05) is 23.0 Å². The zero-order chi connectivity index (χ0) is 20.0. The van der Waals surface area contributed by atoms with Gasteiger partial charge in [-0.25, -0.2) is 4.98 Å². The first-order valence-electron chi connectivity index (χ1n) is 7.57. The van der Waals surface area contributed by atoms with Crippen LogP contribution in [0.15, 0.2) is 36.5 Å². The van der Waals surface area contributed by atoms with E-state index >= 15 is 0 Å². The molecule has 1 aromatic carbocycles. The van der Waals surface area contributed by atoms with E-state index in [1.807, 2.05) is 31.2 Å². The fraction of sp³-hybridized carbons (Fsp3) is 0.176. The van der Waals surface area contributed by atoms with Crippen LogP contribution in [0, 0.1) is 18.3 Å². The molecule has 0 amide bonds. The number of anilines is 1. The molecule has 3 rings (SSSR count). The zero-order valence-electron chi connectivity index (χ0n) is 14.5. The summed E-state index contributed by atoms with van der Waals surface area (Å²) in [6.45, 7) is 2.71. The van der Waals surface area contributed by atoms with Gasteiger partial charge in [0.2, 0.25) is 0 Å².